The van der Waals surface area contributed by atoms with E-state index in [0.717, 1.165) is 30.7 Å². The molecule has 4 aromatic rings. The van der Waals surface area contributed by atoms with Crippen molar-refractivity contribution in [2.75, 3.05) is 5.32 Å². The summed E-state index contributed by atoms with van der Waals surface area (Å²) < 4.78 is 42.7. The van der Waals surface area contributed by atoms with E-state index in [1.165, 1.54) is 6.33 Å². The van der Waals surface area contributed by atoms with E-state index in [1.807, 2.05) is 30.3 Å². The van der Waals surface area contributed by atoms with Gasteiger partial charge in [0.1, 0.15) is 17.6 Å². The van der Waals surface area contributed by atoms with Crippen LogP contribution in [0.15, 0.2) is 48.9 Å². The number of carbonyl (C=O) groups is 1. The van der Waals surface area contributed by atoms with Crippen LogP contribution >= 0.6 is 0 Å². The van der Waals surface area contributed by atoms with Crippen molar-refractivity contribution in [1.29, 1.82) is 0 Å². The third-order valence-electron chi connectivity index (χ3n) is 4.97. The first-order valence-corrected chi connectivity index (χ1v) is 9.59. The van der Waals surface area contributed by atoms with Gasteiger partial charge in [-0.25, -0.2) is 19.2 Å². The van der Waals surface area contributed by atoms with E-state index in [2.05, 4.69) is 25.5 Å². The lowest BCUT2D eigenvalue weighted by Gasteiger charge is -2.11. The zero-order valence-corrected chi connectivity index (χ0v) is 16.0. The van der Waals surface area contributed by atoms with Crippen molar-refractivity contribution in [3.63, 3.8) is 0 Å². The molecule has 158 valence electrons. The second kappa shape index (κ2) is 7.18. The minimum absolute atomic E-state index is 0.0211. The summed E-state index contributed by atoms with van der Waals surface area (Å²) in [5.74, 6) is -0.664. The van der Waals surface area contributed by atoms with Gasteiger partial charge in [-0.3, -0.25) is 10.1 Å². The molecule has 31 heavy (non-hydrogen) atoms. The maximum absolute atomic E-state index is 13.5. The van der Waals surface area contributed by atoms with Gasteiger partial charge in [0.05, 0.1) is 12.7 Å². The molecule has 0 saturated heterocycles. The molecule has 0 aliphatic heterocycles. The van der Waals surface area contributed by atoms with E-state index < -0.39 is 17.8 Å². The van der Waals surface area contributed by atoms with Gasteiger partial charge in [-0.1, -0.05) is 30.3 Å². The molecule has 0 bridgehead atoms. The number of hydrogen-bond acceptors (Lipinski definition) is 5. The Morgan fingerprint density at radius 1 is 1.19 bits per heavy atom. The van der Waals surface area contributed by atoms with Crippen molar-refractivity contribution in [1.82, 2.24) is 29.4 Å². The van der Waals surface area contributed by atoms with Gasteiger partial charge in [0.2, 0.25) is 5.95 Å². The van der Waals surface area contributed by atoms with Crippen molar-refractivity contribution in [3.8, 4) is 0 Å². The number of fused-ring (bicyclic) bond motifs is 1. The highest BCUT2D eigenvalue weighted by Crippen LogP contribution is 2.41. The van der Waals surface area contributed by atoms with Crippen molar-refractivity contribution < 1.29 is 18.0 Å². The lowest BCUT2D eigenvalue weighted by atomic mass is 10.2. The van der Waals surface area contributed by atoms with Gasteiger partial charge < -0.3 is 0 Å². The predicted molar refractivity (Wildman–Crippen MR) is 103 cm³/mol. The molecule has 3 heterocycles. The van der Waals surface area contributed by atoms with E-state index in [4.69, 9.17) is 0 Å². The molecule has 8 nitrogen and oxygen atoms in total. The Kier molecular flexibility index (Phi) is 4.45. The van der Waals surface area contributed by atoms with Crippen LogP contribution in [0.3, 0.4) is 0 Å². The monoisotopic (exact) mass is 427 g/mol. The highest BCUT2D eigenvalue weighted by molar-refractivity contribution is 6.07. The molecule has 11 heteroatoms. The van der Waals surface area contributed by atoms with Gasteiger partial charge >= 0.3 is 6.18 Å². The third-order valence-corrected chi connectivity index (χ3v) is 4.97. The smallest absolute Gasteiger partial charge is 0.289 e. The fraction of sp³-hybridized carbons (Fsp3) is 0.250. The van der Waals surface area contributed by atoms with Gasteiger partial charge in [0, 0.05) is 11.6 Å². The van der Waals surface area contributed by atoms with Crippen LogP contribution in [0, 0.1) is 0 Å². The molecule has 1 fully saturated rings. The molecule has 0 atom stereocenters. The number of anilines is 1. The minimum atomic E-state index is -4.62. The molecular weight excluding hydrogens is 411 g/mol. The Bertz CT molecular complexity index is 1260. The number of alkyl halides is 3. The number of benzene rings is 1. The first kappa shape index (κ1) is 19.2. The molecule has 5 rings (SSSR count). The fourth-order valence-electron chi connectivity index (χ4n) is 3.30. The van der Waals surface area contributed by atoms with E-state index in [-0.39, 0.29) is 23.1 Å². The van der Waals surface area contributed by atoms with Crippen LogP contribution in [0.5, 0.6) is 0 Å². The van der Waals surface area contributed by atoms with Crippen molar-refractivity contribution >= 4 is 17.5 Å². The number of aromatic nitrogens is 6. The summed E-state index contributed by atoms with van der Waals surface area (Å²) in [5.41, 5.74) is 0.151. The second-order valence-electron chi connectivity index (χ2n) is 7.34. The van der Waals surface area contributed by atoms with Gasteiger partial charge in [0.15, 0.2) is 5.65 Å². The summed E-state index contributed by atoms with van der Waals surface area (Å²) in [5, 5.41) is 10.5. The van der Waals surface area contributed by atoms with Gasteiger partial charge in [0.25, 0.3) is 5.91 Å². The average Bonchev–Trinajstić information content (AvgIpc) is 3.36. The number of halogens is 3. The van der Waals surface area contributed by atoms with Gasteiger partial charge in [-0.15, -0.1) is 5.10 Å². The largest absolute Gasteiger partial charge is 0.433 e. The maximum Gasteiger partial charge on any atom is 0.433 e. The number of amides is 1. The normalized spacial score (nSPS) is 14.2. The number of nitrogens with zero attached hydrogens (tertiary/aromatic N) is 6. The first-order chi connectivity index (χ1) is 14.9. The molecule has 0 unspecified atom stereocenters. The summed E-state index contributed by atoms with van der Waals surface area (Å²) in [7, 11) is 0. The number of nitrogens with one attached hydrogen (secondary N) is 1. The van der Waals surface area contributed by atoms with E-state index >= 15 is 0 Å². The molecule has 1 aliphatic carbocycles. The van der Waals surface area contributed by atoms with Gasteiger partial charge in [-0.05, 0) is 24.5 Å². The summed E-state index contributed by atoms with van der Waals surface area (Å²) in [6, 6.07) is 10.6. The number of rotatable bonds is 5. The fourth-order valence-corrected chi connectivity index (χ4v) is 3.30. The van der Waals surface area contributed by atoms with E-state index in [0.29, 0.717) is 16.8 Å². The van der Waals surface area contributed by atoms with Crippen molar-refractivity contribution in [2.45, 2.75) is 31.5 Å². The van der Waals surface area contributed by atoms with Gasteiger partial charge in [-0.2, -0.15) is 18.3 Å². The SMILES string of the molecule is O=C(Nc1ncn(Cc2ccccc2)n1)c1cnn2c(C(F)(F)F)cc(C3CC3)nc12. The Labute approximate surface area is 173 Å². The highest BCUT2D eigenvalue weighted by Gasteiger charge is 2.38. The minimum Gasteiger partial charge on any atom is -0.289 e. The van der Waals surface area contributed by atoms with Crippen LogP contribution in [-0.2, 0) is 12.7 Å². The van der Waals surface area contributed by atoms with Crippen LogP contribution in [0.4, 0.5) is 19.1 Å². The number of carbonyl (C=O) groups excluding carboxylic acids is 1. The number of hydrogen-bond donors (Lipinski definition) is 1. The van der Waals surface area contributed by atoms with Crippen molar-refractivity contribution in [3.05, 3.63) is 71.4 Å². The van der Waals surface area contributed by atoms with E-state index in [9.17, 15) is 18.0 Å². The maximum atomic E-state index is 13.5. The van der Waals surface area contributed by atoms with Crippen LogP contribution in [-0.4, -0.2) is 35.3 Å². The summed E-state index contributed by atoms with van der Waals surface area (Å²) >= 11 is 0. The first-order valence-electron chi connectivity index (χ1n) is 9.59. The topological polar surface area (TPSA) is 90.0 Å². The van der Waals surface area contributed by atoms with Crippen molar-refractivity contribution in [2.24, 2.45) is 0 Å². The molecule has 1 N–H and O–H groups in total. The molecular formula is C20H16F3N7O. The Hall–Kier alpha value is -3.76. The zero-order chi connectivity index (χ0) is 21.6. The quantitative estimate of drug-likeness (QED) is 0.526. The average molecular weight is 427 g/mol. The standard InChI is InChI=1S/C20H16F3N7O/c21-20(22,23)16-8-15(13-6-7-13)26-17-14(9-25-30(16)17)18(31)27-19-24-11-29(28-19)10-12-4-2-1-3-5-12/h1-5,8-9,11,13H,6-7,10H2,(H,27,28,31). The second-order valence-corrected chi connectivity index (χ2v) is 7.34. The zero-order valence-electron chi connectivity index (χ0n) is 16.0. The summed E-state index contributed by atoms with van der Waals surface area (Å²) in [6.45, 7) is 0.460. The molecule has 1 amide bonds. The van der Waals surface area contributed by atoms with Crippen LogP contribution < -0.4 is 5.32 Å². The molecule has 3 aromatic heterocycles. The third kappa shape index (κ3) is 3.86. The Morgan fingerprint density at radius 2 is 1.97 bits per heavy atom. The molecule has 1 saturated carbocycles. The van der Waals surface area contributed by atoms with Crippen LogP contribution in [0.2, 0.25) is 0 Å². The lowest BCUT2D eigenvalue weighted by Crippen LogP contribution is -2.16. The molecule has 0 spiro atoms. The van der Waals surface area contributed by atoms with Crippen LogP contribution in [0.1, 0.15) is 46.1 Å². The lowest BCUT2D eigenvalue weighted by molar-refractivity contribution is -0.142. The molecule has 1 aliphatic rings. The summed E-state index contributed by atoms with van der Waals surface area (Å²) in [6.07, 6.45) is -0.533. The predicted octanol–water partition coefficient (Wildman–Crippen LogP) is 3.52. The highest BCUT2D eigenvalue weighted by atomic mass is 19.4. The Balaban J connectivity index is 1.42. The van der Waals surface area contributed by atoms with Crippen LogP contribution in [0.25, 0.3) is 5.65 Å². The van der Waals surface area contributed by atoms with E-state index in [1.54, 1.807) is 4.68 Å². The summed E-state index contributed by atoms with van der Waals surface area (Å²) in [4.78, 5) is 21.1. The molecule has 0 radical (unpaired) electrons. The molecule has 1 aromatic carbocycles. The Morgan fingerprint density at radius 3 is 2.68 bits per heavy atom.